The summed E-state index contributed by atoms with van der Waals surface area (Å²) in [6.07, 6.45) is 9.00. The molecule has 2 aliphatic heterocycles. The molecule has 4 heterocycles. The highest BCUT2D eigenvalue weighted by Crippen LogP contribution is 2.38. The Labute approximate surface area is 146 Å². The van der Waals surface area contributed by atoms with Crippen LogP contribution < -0.4 is 9.47 Å². The Hall–Kier alpha value is -2.63. The largest absolute Gasteiger partial charge is 0.489 e. The Bertz CT molecular complexity index is 721. The maximum Gasteiger partial charge on any atom is 0.255 e. The van der Waals surface area contributed by atoms with E-state index in [0.29, 0.717) is 11.4 Å². The first kappa shape index (κ1) is 15.9. The van der Waals surface area contributed by atoms with E-state index in [1.807, 2.05) is 17.0 Å². The van der Waals surface area contributed by atoms with Gasteiger partial charge in [0.05, 0.1) is 18.9 Å². The molecule has 2 atom stereocenters. The molecule has 0 N–H and O–H groups in total. The number of piperidine rings is 1. The first-order valence-electron chi connectivity index (χ1n) is 8.64. The molecule has 2 unspecified atom stereocenters. The van der Waals surface area contributed by atoms with E-state index in [1.165, 1.54) is 0 Å². The summed E-state index contributed by atoms with van der Waals surface area (Å²) in [5.74, 6) is 1.37. The van der Waals surface area contributed by atoms with Crippen LogP contribution in [0, 0.1) is 0 Å². The van der Waals surface area contributed by atoms with Gasteiger partial charge in [-0.1, -0.05) is 0 Å². The maximum atomic E-state index is 12.9. The van der Waals surface area contributed by atoms with Crippen molar-refractivity contribution >= 4 is 5.91 Å². The van der Waals surface area contributed by atoms with Gasteiger partial charge in [0.2, 0.25) is 5.88 Å². The van der Waals surface area contributed by atoms with Gasteiger partial charge in [-0.25, -0.2) is 4.98 Å². The molecule has 2 bridgehead atoms. The lowest BCUT2D eigenvalue weighted by atomic mass is 9.98. The summed E-state index contributed by atoms with van der Waals surface area (Å²) in [5.41, 5.74) is 0.615. The Morgan fingerprint density at radius 1 is 1.16 bits per heavy atom. The molecule has 6 heteroatoms. The number of amides is 1. The molecule has 0 saturated carbocycles. The zero-order valence-corrected chi connectivity index (χ0v) is 14.2. The van der Waals surface area contributed by atoms with Crippen LogP contribution in [0.5, 0.6) is 11.6 Å². The summed E-state index contributed by atoms with van der Waals surface area (Å²) in [4.78, 5) is 23.2. The number of methoxy groups -OCH3 is 1. The van der Waals surface area contributed by atoms with Gasteiger partial charge in [0.15, 0.2) is 0 Å². The average molecular weight is 339 g/mol. The predicted molar refractivity (Wildman–Crippen MR) is 91.7 cm³/mol. The summed E-state index contributed by atoms with van der Waals surface area (Å²) < 4.78 is 11.1. The number of rotatable bonds is 4. The van der Waals surface area contributed by atoms with Gasteiger partial charge in [-0.15, -0.1) is 0 Å². The second-order valence-electron chi connectivity index (χ2n) is 6.59. The van der Waals surface area contributed by atoms with Crippen LogP contribution in [0.4, 0.5) is 0 Å². The molecular formula is C19H21N3O3. The molecule has 0 aliphatic carbocycles. The number of aromatic nitrogens is 2. The smallest absolute Gasteiger partial charge is 0.255 e. The predicted octanol–water partition coefficient (Wildman–Crippen LogP) is 2.70. The van der Waals surface area contributed by atoms with Crippen LogP contribution in [-0.4, -0.2) is 46.1 Å². The SMILES string of the molecule is COc1ccc(C(=O)N2C3CCC2CC(Oc2cccnc2)C3)cn1. The van der Waals surface area contributed by atoms with Crippen molar-refractivity contribution in [3.05, 3.63) is 48.4 Å². The minimum Gasteiger partial charge on any atom is -0.489 e. The van der Waals surface area contributed by atoms with Crippen LogP contribution in [0.3, 0.4) is 0 Å². The molecule has 1 amide bonds. The van der Waals surface area contributed by atoms with E-state index in [1.54, 1.807) is 37.8 Å². The van der Waals surface area contributed by atoms with Gasteiger partial charge in [0.1, 0.15) is 11.9 Å². The molecule has 0 radical (unpaired) electrons. The van der Waals surface area contributed by atoms with E-state index in [4.69, 9.17) is 9.47 Å². The first-order chi connectivity index (χ1) is 12.2. The second kappa shape index (κ2) is 6.70. The fourth-order valence-electron chi connectivity index (χ4n) is 3.94. The first-order valence-corrected chi connectivity index (χ1v) is 8.64. The van der Waals surface area contributed by atoms with Crippen molar-refractivity contribution < 1.29 is 14.3 Å². The monoisotopic (exact) mass is 339 g/mol. The topological polar surface area (TPSA) is 64.5 Å². The lowest BCUT2D eigenvalue weighted by Gasteiger charge is -2.38. The summed E-state index contributed by atoms with van der Waals surface area (Å²) in [5, 5.41) is 0. The molecule has 4 rings (SSSR count). The molecule has 130 valence electrons. The third-order valence-electron chi connectivity index (χ3n) is 5.05. The molecular weight excluding hydrogens is 318 g/mol. The normalized spacial score (nSPS) is 24.8. The molecule has 6 nitrogen and oxygen atoms in total. The molecule has 2 fully saturated rings. The van der Waals surface area contributed by atoms with Crippen LogP contribution >= 0.6 is 0 Å². The highest BCUT2D eigenvalue weighted by molar-refractivity contribution is 5.94. The van der Waals surface area contributed by atoms with Crippen molar-refractivity contribution in [1.29, 1.82) is 0 Å². The van der Waals surface area contributed by atoms with Crippen molar-refractivity contribution in [3.8, 4) is 11.6 Å². The molecule has 25 heavy (non-hydrogen) atoms. The molecule has 2 aliphatic rings. The molecule has 2 aromatic heterocycles. The van der Waals surface area contributed by atoms with Gasteiger partial charge in [0, 0.05) is 43.4 Å². The fourth-order valence-corrected chi connectivity index (χ4v) is 3.94. The Balaban J connectivity index is 1.45. The van der Waals surface area contributed by atoms with E-state index in [0.717, 1.165) is 31.4 Å². The molecule has 0 spiro atoms. The van der Waals surface area contributed by atoms with Crippen molar-refractivity contribution in [2.75, 3.05) is 7.11 Å². The highest BCUT2D eigenvalue weighted by Gasteiger charge is 2.44. The van der Waals surface area contributed by atoms with Crippen molar-refractivity contribution in [2.45, 2.75) is 43.9 Å². The van der Waals surface area contributed by atoms with E-state index in [2.05, 4.69) is 9.97 Å². The quantitative estimate of drug-likeness (QED) is 0.857. The fraction of sp³-hybridized carbons (Fsp3) is 0.421. The maximum absolute atomic E-state index is 12.9. The zero-order valence-electron chi connectivity index (χ0n) is 14.2. The standard InChI is InChI=1S/C19H21N3O3/c1-24-18-7-4-13(11-21-18)19(23)22-14-5-6-15(22)10-17(9-14)25-16-3-2-8-20-12-16/h2-4,7-8,11-12,14-15,17H,5-6,9-10H2,1H3. The summed E-state index contributed by atoms with van der Waals surface area (Å²) >= 11 is 0. The number of carbonyl (C=O) groups excluding carboxylic acids is 1. The minimum atomic E-state index is 0.0579. The number of pyridine rings is 2. The number of fused-ring (bicyclic) bond motifs is 2. The molecule has 2 saturated heterocycles. The van der Waals surface area contributed by atoms with Crippen LogP contribution in [0.15, 0.2) is 42.9 Å². The van der Waals surface area contributed by atoms with Gasteiger partial charge in [-0.05, 0) is 31.0 Å². The summed E-state index contributed by atoms with van der Waals surface area (Å²) in [7, 11) is 1.57. The summed E-state index contributed by atoms with van der Waals surface area (Å²) in [6.45, 7) is 0. The highest BCUT2D eigenvalue weighted by atomic mass is 16.5. The van der Waals surface area contributed by atoms with E-state index in [-0.39, 0.29) is 24.1 Å². The number of carbonyl (C=O) groups is 1. The van der Waals surface area contributed by atoms with Gasteiger partial charge in [-0.3, -0.25) is 9.78 Å². The second-order valence-corrected chi connectivity index (χ2v) is 6.59. The number of ether oxygens (including phenoxy) is 2. The number of nitrogens with zero attached hydrogens (tertiary/aromatic N) is 3. The average Bonchev–Trinajstić information content (AvgIpc) is 2.92. The number of hydrogen-bond acceptors (Lipinski definition) is 5. The van der Waals surface area contributed by atoms with Crippen LogP contribution in [0.2, 0.25) is 0 Å². The van der Waals surface area contributed by atoms with Gasteiger partial charge in [-0.2, -0.15) is 0 Å². The van der Waals surface area contributed by atoms with Crippen LogP contribution in [-0.2, 0) is 0 Å². The Kier molecular flexibility index (Phi) is 4.26. The Morgan fingerprint density at radius 2 is 1.96 bits per heavy atom. The van der Waals surface area contributed by atoms with Crippen molar-refractivity contribution in [1.82, 2.24) is 14.9 Å². The van der Waals surface area contributed by atoms with Crippen LogP contribution in [0.25, 0.3) is 0 Å². The lowest BCUT2D eigenvalue weighted by molar-refractivity contribution is 0.0357. The van der Waals surface area contributed by atoms with Crippen molar-refractivity contribution in [2.24, 2.45) is 0 Å². The van der Waals surface area contributed by atoms with Crippen molar-refractivity contribution in [3.63, 3.8) is 0 Å². The van der Waals surface area contributed by atoms with E-state index < -0.39 is 0 Å². The minimum absolute atomic E-state index is 0.0579. The molecule has 2 aromatic rings. The zero-order chi connectivity index (χ0) is 17.2. The third-order valence-corrected chi connectivity index (χ3v) is 5.05. The Morgan fingerprint density at radius 3 is 2.56 bits per heavy atom. The van der Waals surface area contributed by atoms with Gasteiger partial charge in [0.25, 0.3) is 5.91 Å². The summed E-state index contributed by atoms with van der Waals surface area (Å²) in [6, 6.07) is 7.78. The van der Waals surface area contributed by atoms with Crippen LogP contribution in [0.1, 0.15) is 36.0 Å². The molecule has 0 aromatic carbocycles. The lowest BCUT2D eigenvalue weighted by Crippen LogP contribution is -2.49. The van der Waals surface area contributed by atoms with Gasteiger partial charge < -0.3 is 14.4 Å². The third kappa shape index (κ3) is 3.16. The number of hydrogen-bond donors (Lipinski definition) is 0. The van der Waals surface area contributed by atoms with E-state index >= 15 is 0 Å². The van der Waals surface area contributed by atoms with E-state index in [9.17, 15) is 4.79 Å². The van der Waals surface area contributed by atoms with Gasteiger partial charge >= 0.3 is 0 Å².